The summed E-state index contributed by atoms with van der Waals surface area (Å²) < 4.78 is 5.28. The molecule has 0 saturated carbocycles. The van der Waals surface area contributed by atoms with Crippen molar-refractivity contribution in [3.8, 4) is 0 Å². The van der Waals surface area contributed by atoms with Crippen molar-refractivity contribution in [2.45, 2.75) is 38.6 Å². The van der Waals surface area contributed by atoms with Crippen molar-refractivity contribution in [2.24, 2.45) is 0 Å². The molecule has 1 aliphatic rings. The molecule has 0 radical (unpaired) electrons. The molecule has 152 valence electrons. The number of benzene rings is 1. The third-order valence-corrected chi connectivity index (χ3v) is 6.94. The number of hydrogen-bond acceptors (Lipinski definition) is 4. The Morgan fingerprint density at radius 3 is 2.66 bits per heavy atom. The minimum Gasteiger partial charge on any atom is -0.459 e. The van der Waals surface area contributed by atoms with Gasteiger partial charge in [-0.3, -0.25) is 9.69 Å². The summed E-state index contributed by atoms with van der Waals surface area (Å²) in [5, 5.41) is 4.73. The van der Waals surface area contributed by atoms with E-state index in [1.54, 1.807) is 23.5 Å². The van der Waals surface area contributed by atoms with Crippen molar-refractivity contribution in [1.29, 1.82) is 0 Å². The molecule has 1 aromatic carbocycles. The first-order valence-electron chi connectivity index (χ1n) is 10.1. The van der Waals surface area contributed by atoms with Crippen LogP contribution in [0.3, 0.4) is 0 Å². The molecule has 2 aromatic heterocycles. The SMILES string of the molecule is CCc1cc([C@@H](c2ccccc2Cl)N2CCCCC2)c(NC(=O)c2ccco2)s1. The number of amides is 1. The molecule has 3 heterocycles. The number of furan rings is 1. The summed E-state index contributed by atoms with van der Waals surface area (Å²) in [5.41, 5.74) is 2.20. The second kappa shape index (κ2) is 9.16. The maximum absolute atomic E-state index is 12.7. The molecule has 1 amide bonds. The molecular formula is C23H25ClN2O2S. The number of carbonyl (C=O) groups is 1. The van der Waals surface area contributed by atoms with Gasteiger partial charge in [-0.25, -0.2) is 0 Å². The number of hydrogen-bond donors (Lipinski definition) is 1. The highest BCUT2D eigenvalue weighted by atomic mass is 35.5. The number of rotatable bonds is 6. The lowest BCUT2D eigenvalue weighted by atomic mass is 9.95. The molecule has 4 rings (SSSR count). The number of aryl methyl sites for hydroxylation is 1. The number of nitrogens with zero attached hydrogens (tertiary/aromatic N) is 1. The van der Waals surface area contributed by atoms with Gasteiger partial charge in [0.25, 0.3) is 5.91 Å². The number of carbonyl (C=O) groups excluding carboxylic acids is 1. The topological polar surface area (TPSA) is 45.5 Å². The molecule has 0 unspecified atom stereocenters. The van der Waals surface area contributed by atoms with Gasteiger partial charge < -0.3 is 9.73 Å². The zero-order valence-electron chi connectivity index (χ0n) is 16.5. The molecule has 0 spiro atoms. The molecule has 1 atom stereocenters. The summed E-state index contributed by atoms with van der Waals surface area (Å²) in [6.07, 6.45) is 6.06. The lowest BCUT2D eigenvalue weighted by Crippen LogP contribution is -2.34. The Balaban J connectivity index is 1.76. The van der Waals surface area contributed by atoms with Gasteiger partial charge in [0.05, 0.1) is 12.3 Å². The summed E-state index contributed by atoms with van der Waals surface area (Å²) in [5.74, 6) is 0.0898. The fraction of sp³-hybridized carbons (Fsp3) is 0.348. The lowest BCUT2D eigenvalue weighted by molar-refractivity contribution is 0.0996. The van der Waals surface area contributed by atoms with Crippen LogP contribution < -0.4 is 5.32 Å². The van der Waals surface area contributed by atoms with Crippen molar-refractivity contribution in [1.82, 2.24) is 4.90 Å². The third kappa shape index (κ3) is 4.42. The normalized spacial score (nSPS) is 15.9. The van der Waals surface area contributed by atoms with Crippen molar-refractivity contribution in [2.75, 3.05) is 18.4 Å². The Labute approximate surface area is 180 Å². The van der Waals surface area contributed by atoms with Crippen LogP contribution in [-0.2, 0) is 6.42 Å². The van der Waals surface area contributed by atoms with Crippen LogP contribution in [-0.4, -0.2) is 23.9 Å². The molecule has 1 N–H and O–H groups in total. The minimum atomic E-state index is -0.225. The Bertz CT molecular complexity index is 961. The Kier molecular flexibility index (Phi) is 6.38. The maximum atomic E-state index is 12.7. The predicted molar refractivity (Wildman–Crippen MR) is 119 cm³/mol. The number of anilines is 1. The first-order valence-corrected chi connectivity index (χ1v) is 11.3. The van der Waals surface area contributed by atoms with Gasteiger partial charge >= 0.3 is 0 Å². The predicted octanol–water partition coefficient (Wildman–Crippen LogP) is 6.38. The Morgan fingerprint density at radius 2 is 1.97 bits per heavy atom. The maximum Gasteiger partial charge on any atom is 0.291 e. The van der Waals surface area contributed by atoms with E-state index < -0.39 is 0 Å². The average molecular weight is 429 g/mol. The number of halogens is 1. The quantitative estimate of drug-likeness (QED) is 0.495. The average Bonchev–Trinajstić information content (AvgIpc) is 3.41. The summed E-state index contributed by atoms with van der Waals surface area (Å²) >= 11 is 8.28. The van der Waals surface area contributed by atoms with Crippen LogP contribution in [0.4, 0.5) is 5.00 Å². The molecule has 29 heavy (non-hydrogen) atoms. The Hall–Kier alpha value is -2.08. The highest BCUT2D eigenvalue weighted by molar-refractivity contribution is 7.16. The molecule has 4 nitrogen and oxygen atoms in total. The van der Waals surface area contributed by atoms with Gasteiger partial charge in [-0.05, 0) is 62.2 Å². The van der Waals surface area contributed by atoms with Crippen molar-refractivity contribution >= 4 is 33.8 Å². The van der Waals surface area contributed by atoms with E-state index in [4.69, 9.17) is 16.0 Å². The largest absolute Gasteiger partial charge is 0.459 e. The summed E-state index contributed by atoms with van der Waals surface area (Å²) in [6.45, 7) is 4.19. The van der Waals surface area contributed by atoms with Crippen LogP contribution in [0, 0.1) is 0 Å². The summed E-state index contributed by atoms with van der Waals surface area (Å²) in [4.78, 5) is 16.4. The van der Waals surface area contributed by atoms with Crippen LogP contribution >= 0.6 is 22.9 Å². The number of piperidine rings is 1. The van der Waals surface area contributed by atoms with E-state index in [0.717, 1.165) is 40.7 Å². The fourth-order valence-electron chi connectivity index (χ4n) is 3.94. The third-order valence-electron chi connectivity index (χ3n) is 5.38. The van der Waals surface area contributed by atoms with Crippen LogP contribution in [0.15, 0.2) is 53.1 Å². The standard InChI is InChI=1S/C23H25ClN2O2S/c1-2-16-15-18(23(29-16)25-22(27)20-11-8-14-28-20)21(26-12-6-3-7-13-26)17-9-4-5-10-19(17)24/h4-5,8-11,14-15,21H,2-3,6-7,12-13H2,1H3,(H,25,27)/t21-/m1/s1. The van der Waals surface area contributed by atoms with Crippen molar-refractivity contribution in [3.05, 3.63) is 75.5 Å². The van der Waals surface area contributed by atoms with E-state index >= 15 is 0 Å². The highest BCUT2D eigenvalue weighted by Gasteiger charge is 2.29. The van der Waals surface area contributed by atoms with E-state index in [1.807, 2.05) is 18.2 Å². The second-order valence-corrected chi connectivity index (χ2v) is 8.85. The molecular weight excluding hydrogens is 404 g/mol. The molecule has 3 aromatic rings. The minimum absolute atomic E-state index is 0.0208. The van der Waals surface area contributed by atoms with Crippen LogP contribution in [0.2, 0.25) is 5.02 Å². The summed E-state index contributed by atoms with van der Waals surface area (Å²) in [6, 6.07) is 13.7. The van der Waals surface area contributed by atoms with Crippen LogP contribution in [0.5, 0.6) is 0 Å². The molecule has 6 heteroatoms. The molecule has 1 aliphatic heterocycles. The van der Waals surface area contributed by atoms with Gasteiger partial charge in [0, 0.05) is 15.5 Å². The zero-order chi connectivity index (χ0) is 20.2. The second-order valence-electron chi connectivity index (χ2n) is 7.30. The zero-order valence-corrected chi connectivity index (χ0v) is 18.1. The van der Waals surface area contributed by atoms with E-state index in [0.29, 0.717) is 5.76 Å². The molecule has 1 fully saturated rings. The van der Waals surface area contributed by atoms with E-state index in [2.05, 4.69) is 29.3 Å². The van der Waals surface area contributed by atoms with Gasteiger partial charge in [-0.1, -0.05) is 43.1 Å². The highest BCUT2D eigenvalue weighted by Crippen LogP contribution is 2.42. The molecule has 0 bridgehead atoms. The van der Waals surface area contributed by atoms with E-state index in [1.165, 1.54) is 30.4 Å². The van der Waals surface area contributed by atoms with Gasteiger partial charge in [-0.15, -0.1) is 11.3 Å². The number of nitrogens with one attached hydrogen (secondary N) is 1. The first-order chi connectivity index (χ1) is 14.2. The first kappa shape index (κ1) is 20.2. The smallest absolute Gasteiger partial charge is 0.291 e. The van der Waals surface area contributed by atoms with E-state index in [-0.39, 0.29) is 11.9 Å². The number of likely N-dealkylation sites (tertiary alicyclic amines) is 1. The van der Waals surface area contributed by atoms with E-state index in [9.17, 15) is 4.79 Å². The monoisotopic (exact) mass is 428 g/mol. The van der Waals surface area contributed by atoms with Crippen LogP contribution in [0.25, 0.3) is 0 Å². The van der Waals surface area contributed by atoms with Crippen LogP contribution in [0.1, 0.15) is 58.8 Å². The summed E-state index contributed by atoms with van der Waals surface area (Å²) in [7, 11) is 0. The van der Waals surface area contributed by atoms with Crippen molar-refractivity contribution < 1.29 is 9.21 Å². The van der Waals surface area contributed by atoms with Gasteiger partial charge in [0.15, 0.2) is 5.76 Å². The molecule has 1 saturated heterocycles. The Morgan fingerprint density at radius 1 is 1.17 bits per heavy atom. The number of thiophene rings is 1. The van der Waals surface area contributed by atoms with Gasteiger partial charge in [0.1, 0.15) is 5.00 Å². The molecule has 0 aliphatic carbocycles. The lowest BCUT2D eigenvalue weighted by Gasteiger charge is -2.35. The van der Waals surface area contributed by atoms with Gasteiger partial charge in [0.2, 0.25) is 0 Å². The van der Waals surface area contributed by atoms with Gasteiger partial charge in [-0.2, -0.15) is 0 Å². The fourth-order valence-corrected chi connectivity index (χ4v) is 5.20. The van der Waals surface area contributed by atoms with Crippen molar-refractivity contribution in [3.63, 3.8) is 0 Å².